The van der Waals surface area contributed by atoms with Crippen molar-refractivity contribution in [2.75, 3.05) is 20.1 Å². The molecule has 1 aliphatic heterocycles. The van der Waals surface area contributed by atoms with Crippen LogP contribution >= 0.6 is 0 Å². The standard InChI is InChI=1S/C12H17NO/c1-13-8-11(7-12(14)9-13)10-5-3-2-4-6-10/h2-6,11-12,14H,7-9H2,1H3/t11-,12-/m1/s1. The molecule has 2 heteroatoms. The smallest absolute Gasteiger partial charge is 0.0673 e. The second kappa shape index (κ2) is 4.11. The molecule has 0 radical (unpaired) electrons. The third-order valence-corrected chi connectivity index (χ3v) is 2.88. The van der Waals surface area contributed by atoms with Crippen LogP contribution in [0.3, 0.4) is 0 Å². The summed E-state index contributed by atoms with van der Waals surface area (Å²) in [5.74, 6) is 0.491. The number of β-amino-alcohol motifs (C(OH)–C–C–N with tert-alkyl or cyclic N) is 1. The van der Waals surface area contributed by atoms with Crippen molar-refractivity contribution in [3.8, 4) is 0 Å². The molecule has 1 N–H and O–H groups in total. The lowest BCUT2D eigenvalue weighted by Crippen LogP contribution is -2.39. The average molecular weight is 191 g/mol. The summed E-state index contributed by atoms with van der Waals surface area (Å²) in [5, 5.41) is 9.67. The van der Waals surface area contributed by atoms with Gasteiger partial charge in [-0.3, -0.25) is 0 Å². The fraction of sp³-hybridized carbons (Fsp3) is 0.500. The summed E-state index contributed by atoms with van der Waals surface area (Å²) in [6, 6.07) is 10.5. The Kier molecular flexibility index (Phi) is 2.85. The second-order valence-electron chi connectivity index (χ2n) is 4.22. The molecular weight excluding hydrogens is 174 g/mol. The van der Waals surface area contributed by atoms with Gasteiger partial charge in [-0.15, -0.1) is 0 Å². The van der Waals surface area contributed by atoms with Crippen molar-refractivity contribution >= 4 is 0 Å². The van der Waals surface area contributed by atoms with E-state index < -0.39 is 0 Å². The van der Waals surface area contributed by atoms with Crippen molar-refractivity contribution in [1.82, 2.24) is 4.90 Å². The Morgan fingerprint density at radius 3 is 2.57 bits per heavy atom. The minimum atomic E-state index is -0.168. The number of rotatable bonds is 1. The van der Waals surface area contributed by atoms with Gasteiger partial charge in [0.1, 0.15) is 0 Å². The molecule has 0 aromatic heterocycles. The highest BCUT2D eigenvalue weighted by Crippen LogP contribution is 2.25. The number of nitrogens with zero attached hydrogens (tertiary/aromatic N) is 1. The first-order valence-electron chi connectivity index (χ1n) is 5.17. The molecule has 2 nitrogen and oxygen atoms in total. The Labute approximate surface area is 85.2 Å². The topological polar surface area (TPSA) is 23.5 Å². The van der Waals surface area contributed by atoms with Crippen LogP contribution in [0.1, 0.15) is 17.9 Å². The lowest BCUT2D eigenvalue weighted by Gasteiger charge is -2.33. The number of benzene rings is 1. The lowest BCUT2D eigenvalue weighted by atomic mass is 9.89. The van der Waals surface area contributed by atoms with Crippen LogP contribution in [-0.2, 0) is 0 Å². The monoisotopic (exact) mass is 191 g/mol. The van der Waals surface area contributed by atoms with E-state index in [1.54, 1.807) is 0 Å². The number of aliphatic hydroxyl groups excluding tert-OH is 1. The zero-order valence-electron chi connectivity index (χ0n) is 8.56. The maximum Gasteiger partial charge on any atom is 0.0673 e. The van der Waals surface area contributed by atoms with E-state index in [-0.39, 0.29) is 6.10 Å². The van der Waals surface area contributed by atoms with Crippen LogP contribution in [0.5, 0.6) is 0 Å². The van der Waals surface area contributed by atoms with Crippen molar-refractivity contribution in [2.24, 2.45) is 0 Å². The fourth-order valence-corrected chi connectivity index (χ4v) is 2.25. The molecule has 1 heterocycles. The molecule has 0 spiro atoms. The van der Waals surface area contributed by atoms with Gasteiger partial charge in [0, 0.05) is 13.1 Å². The average Bonchev–Trinajstić information content (AvgIpc) is 2.18. The van der Waals surface area contributed by atoms with Gasteiger partial charge in [0.2, 0.25) is 0 Å². The molecule has 14 heavy (non-hydrogen) atoms. The van der Waals surface area contributed by atoms with E-state index in [1.165, 1.54) is 5.56 Å². The first kappa shape index (κ1) is 9.69. The summed E-state index contributed by atoms with van der Waals surface area (Å²) < 4.78 is 0. The first-order chi connectivity index (χ1) is 6.75. The minimum absolute atomic E-state index is 0.168. The van der Waals surface area contributed by atoms with Crippen LogP contribution in [0.15, 0.2) is 30.3 Å². The molecule has 1 aromatic rings. The third kappa shape index (κ3) is 2.14. The molecule has 1 saturated heterocycles. The summed E-state index contributed by atoms with van der Waals surface area (Å²) in [6.45, 7) is 1.87. The van der Waals surface area contributed by atoms with Gasteiger partial charge in [0.25, 0.3) is 0 Å². The quantitative estimate of drug-likeness (QED) is 0.726. The van der Waals surface area contributed by atoms with Gasteiger partial charge in [-0.25, -0.2) is 0 Å². The van der Waals surface area contributed by atoms with Gasteiger partial charge in [-0.1, -0.05) is 30.3 Å². The molecule has 0 aliphatic carbocycles. The molecule has 2 atom stereocenters. The van der Waals surface area contributed by atoms with Crippen LogP contribution in [0.4, 0.5) is 0 Å². The summed E-state index contributed by atoms with van der Waals surface area (Å²) in [6.07, 6.45) is 0.730. The van der Waals surface area contributed by atoms with E-state index in [9.17, 15) is 5.11 Å². The predicted molar refractivity (Wildman–Crippen MR) is 57.3 cm³/mol. The summed E-state index contributed by atoms with van der Waals surface area (Å²) >= 11 is 0. The van der Waals surface area contributed by atoms with E-state index in [0.29, 0.717) is 5.92 Å². The molecule has 0 bridgehead atoms. The van der Waals surface area contributed by atoms with E-state index in [1.807, 2.05) is 6.07 Å². The minimum Gasteiger partial charge on any atom is -0.392 e. The number of likely N-dealkylation sites (tertiary alicyclic amines) is 1. The third-order valence-electron chi connectivity index (χ3n) is 2.88. The Hall–Kier alpha value is -0.860. The van der Waals surface area contributed by atoms with E-state index in [0.717, 1.165) is 19.5 Å². The second-order valence-corrected chi connectivity index (χ2v) is 4.22. The Morgan fingerprint density at radius 2 is 1.93 bits per heavy atom. The molecule has 0 amide bonds. The van der Waals surface area contributed by atoms with Crippen LogP contribution in [0, 0.1) is 0 Å². The Balaban J connectivity index is 2.11. The van der Waals surface area contributed by atoms with Crippen molar-refractivity contribution in [1.29, 1.82) is 0 Å². The first-order valence-corrected chi connectivity index (χ1v) is 5.17. The van der Waals surface area contributed by atoms with E-state index in [4.69, 9.17) is 0 Å². The van der Waals surface area contributed by atoms with Gasteiger partial charge in [-0.05, 0) is 24.9 Å². The van der Waals surface area contributed by atoms with Crippen molar-refractivity contribution in [3.63, 3.8) is 0 Å². The van der Waals surface area contributed by atoms with Gasteiger partial charge in [0.15, 0.2) is 0 Å². The summed E-state index contributed by atoms with van der Waals surface area (Å²) in [5.41, 5.74) is 1.35. The number of aliphatic hydroxyl groups is 1. The normalized spacial score (nSPS) is 29.0. The number of hydrogen-bond donors (Lipinski definition) is 1. The number of likely N-dealkylation sites (N-methyl/N-ethyl adjacent to an activating group) is 1. The Morgan fingerprint density at radius 1 is 1.21 bits per heavy atom. The molecule has 1 aromatic carbocycles. The number of piperidine rings is 1. The van der Waals surface area contributed by atoms with Gasteiger partial charge >= 0.3 is 0 Å². The zero-order valence-corrected chi connectivity index (χ0v) is 8.56. The van der Waals surface area contributed by atoms with Crippen LogP contribution in [-0.4, -0.2) is 36.2 Å². The predicted octanol–water partition coefficient (Wildman–Crippen LogP) is 1.47. The maximum atomic E-state index is 9.67. The summed E-state index contributed by atoms with van der Waals surface area (Å²) in [4.78, 5) is 2.20. The summed E-state index contributed by atoms with van der Waals surface area (Å²) in [7, 11) is 2.07. The number of hydrogen-bond acceptors (Lipinski definition) is 2. The largest absolute Gasteiger partial charge is 0.392 e. The van der Waals surface area contributed by atoms with Crippen LogP contribution in [0.2, 0.25) is 0 Å². The zero-order chi connectivity index (χ0) is 9.97. The fourth-order valence-electron chi connectivity index (χ4n) is 2.25. The molecule has 2 rings (SSSR count). The lowest BCUT2D eigenvalue weighted by molar-refractivity contribution is 0.0725. The molecule has 1 aliphatic rings. The van der Waals surface area contributed by atoms with Gasteiger partial charge < -0.3 is 10.0 Å². The van der Waals surface area contributed by atoms with Gasteiger partial charge in [-0.2, -0.15) is 0 Å². The highest BCUT2D eigenvalue weighted by Gasteiger charge is 2.24. The van der Waals surface area contributed by atoms with E-state index >= 15 is 0 Å². The van der Waals surface area contributed by atoms with Crippen LogP contribution in [0.25, 0.3) is 0 Å². The SMILES string of the molecule is CN1C[C@H](O)C[C@@H](c2ccccc2)C1. The van der Waals surface area contributed by atoms with Crippen molar-refractivity contribution in [3.05, 3.63) is 35.9 Å². The Bertz CT molecular complexity index is 276. The highest BCUT2D eigenvalue weighted by atomic mass is 16.3. The van der Waals surface area contributed by atoms with Crippen molar-refractivity contribution in [2.45, 2.75) is 18.4 Å². The highest BCUT2D eigenvalue weighted by molar-refractivity contribution is 5.20. The molecule has 0 unspecified atom stereocenters. The molecule has 0 saturated carbocycles. The molecule has 76 valence electrons. The molecular formula is C12H17NO. The van der Waals surface area contributed by atoms with E-state index in [2.05, 4.69) is 36.2 Å². The van der Waals surface area contributed by atoms with Crippen LogP contribution < -0.4 is 0 Å². The maximum absolute atomic E-state index is 9.67. The van der Waals surface area contributed by atoms with Gasteiger partial charge in [0.05, 0.1) is 6.10 Å². The van der Waals surface area contributed by atoms with Crippen molar-refractivity contribution < 1.29 is 5.11 Å². The molecule has 1 fully saturated rings.